The Balaban J connectivity index is 1.75. The number of hydrogen-bond donors (Lipinski definition) is 1. The van der Waals surface area contributed by atoms with Crippen molar-refractivity contribution in [1.82, 2.24) is 4.57 Å². The highest BCUT2D eigenvalue weighted by atomic mass is 16.4. The molecule has 1 N–H and O–H groups in total. The minimum absolute atomic E-state index is 0.0277. The number of rotatable bonds is 4. The molecule has 1 aliphatic heterocycles. The van der Waals surface area contributed by atoms with Crippen molar-refractivity contribution >= 4 is 34.5 Å². The molecule has 1 aliphatic rings. The minimum Gasteiger partial charge on any atom is -0.480 e. The van der Waals surface area contributed by atoms with Crippen molar-refractivity contribution in [3.8, 4) is 6.07 Å². The Kier molecular flexibility index (Phi) is 4.88. The second-order valence-corrected chi connectivity index (χ2v) is 6.98. The van der Waals surface area contributed by atoms with Gasteiger partial charge in [-0.2, -0.15) is 5.26 Å². The van der Waals surface area contributed by atoms with Crippen LogP contribution in [0.5, 0.6) is 0 Å². The number of anilines is 1. The van der Waals surface area contributed by atoms with Gasteiger partial charge in [-0.15, -0.1) is 0 Å². The number of aromatic nitrogens is 1. The SMILES string of the molecule is N#CC(=Cc1cn(CC(=O)O)c2ccccc12)C(=O)N1CCCc2ccccc21. The maximum Gasteiger partial charge on any atom is 0.323 e. The molecule has 0 bridgehead atoms. The van der Waals surface area contributed by atoms with Crippen LogP contribution in [0.4, 0.5) is 5.69 Å². The van der Waals surface area contributed by atoms with Gasteiger partial charge in [-0.1, -0.05) is 36.4 Å². The summed E-state index contributed by atoms with van der Waals surface area (Å²) < 4.78 is 1.61. The highest BCUT2D eigenvalue weighted by molar-refractivity contribution is 6.12. The van der Waals surface area contributed by atoms with Crippen molar-refractivity contribution in [1.29, 1.82) is 5.26 Å². The molecule has 0 spiro atoms. The molecule has 2 aromatic carbocycles. The van der Waals surface area contributed by atoms with Gasteiger partial charge in [0, 0.05) is 34.9 Å². The fraction of sp³-hybridized carbons (Fsp3) is 0.174. The van der Waals surface area contributed by atoms with E-state index in [1.165, 1.54) is 0 Å². The lowest BCUT2D eigenvalue weighted by Crippen LogP contribution is -2.36. The summed E-state index contributed by atoms with van der Waals surface area (Å²) in [6.45, 7) is 0.374. The zero-order chi connectivity index (χ0) is 20.4. The van der Waals surface area contributed by atoms with Crippen molar-refractivity contribution in [2.45, 2.75) is 19.4 Å². The van der Waals surface area contributed by atoms with Crippen molar-refractivity contribution < 1.29 is 14.7 Å². The lowest BCUT2D eigenvalue weighted by atomic mass is 10.0. The van der Waals surface area contributed by atoms with Gasteiger partial charge in [-0.3, -0.25) is 9.59 Å². The first kappa shape index (κ1) is 18.5. The molecule has 0 fully saturated rings. The molecule has 6 nitrogen and oxygen atoms in total. The van der Waals surface area contributed by atoms with E-state index in [2.05, 4.69) is 0 Å². The second kappa shape index (κ2) is 7.64. The summed E-state index contributed by atoms with van der Waals surface area (Å²) >= 11 is 0. The molecule has 4 rings (SSSR count). The van der Waals surface area contributed by atoms with E-state index in [1.54, 1.807) is 21.7 Å². The summed E-state index contributed by atoms with van der Waals surface area (Å²) in [4.78, 5) is 26.0. The van der Waals surface area contributed by atoms with Gasteiger partial charge in [-0.05, 0) is 36.6 Å². The molecule has 0 saturated heterocycles. The summed E-state index contributed by atoms with van der Waals surface area (Å²) in [6.07, 6.45) is 4.99. The van der Waals surface area contributed by atoms with Crippen LogP contribution in [0.1, 0.15) is 17.5 Å². The van der Waals surface area contributed by atoms with E-state index >= 15 is 0 Å². The zero-order valence-corrected chi connectivity index (χ0v) is 15.7. The van der Waals surface area contributed by atoms with Crippen molar-refractivity contribution in [2.24, 2.45) is 0 Å². The Hall–Kier alpha value is -3.85. The third-order valence-corrected chi connectivity index (χ3v) is 5.13. The van der Waals surface area contributed by atoms with Gasteiger partial charge in [0.25, 0.3) is 5.91 Å². The predicted octanol–water partition coefficient (Wildman–Crippen LogP) is 3.61. The van der Waals surface area contributed by atoms with Crippen LogP contribution in [0.2, 0.25) is 0 Å². The van der Waals surface area contributed by atoms with E-state index in [4.69, 9.17) is 5.11 Å². The Morgan fingerprint density at radius 2 is 1.90 bits per heavy atom. The highest BCUT2D eigenvalue weighted by Crippen LogP contribution is 2.29. The Morgan fingerprint density at radius 3 is 2.69 bits per heavy atom. The number of carbonyl (C=O) groups is 2. The number of carboxylic acids is 1. The number of amides is 1. The monoisotopic (exact) mass is 385 g/mol. The van der Waals surface area contributed by atoms with Crippen LogP contribution in [-0.2, 0) is 22.6 Å². The fourth-order valence-corrected chi connectivity index (χ4v) is 3.85. The highest BCUT2D eigenvalue weighted by Gasteiger charge is 2.25. The van der Waals surface area contributed by atoms with E-state index in [1.807, 2.05) is 54.6 Å². The molecule has 29 heavy (non-hydrogen) atoms. The summed E-state index contributed by atoms with van der Waals surface area (Å²) in [5.41, 5.74) is 3.37. The van der Waals surface area contributed by atoms with Crippen LogP contribution in [0.15, 0.2) is 60.3 Å². The van der Waals surface area contributed by atoms with Gasteiger partial charge in [-0.25, -0.2) is 0 Å². The van der Waals surface area contributed by atoms with Crippen molar-refractivity contribution in [3.63, 3.8) is 0 Å². The van der Waals surface area contributed by atoms with Gasteiger partial charge >= 0.3 is 5.97 Å². The average molecular weight is 385 g/mol. The van der Waals surface area contributed by atoms with E-state index in [9.17, 15) is 14.9 Å². The fourth-order valence-electron chi connectivity index (χ4n) is 3.85. The molecule has 0 atom stereocenters. The van der Waals surface area contributed by atoms with Gasteiger partial charge in [0.05, 0.1) is 0 Å². The summed E-state index contributed by atoms with van der Waals surface area (Å²) in [7, 11) is 0. The van der Waals surface area contributed by atoms with Gasteiger partial charge in [0.1, 0.15) is 18.2 Å². The minimum atomic E-state index is -0.956. The van der Waals surface area contributed by atoms with Crippen LogP contribution >= 0.6 is 0 Å². The maximum atomic E-state index is 13.2. The van der Waals surface area contributed by atoms with E-state index in [0.29, 0.717) is 12.1 Å². The number of hydrogen-bond acceptors (Lipinski definition) is 3. The Morgan fingerprint density at radius 1 is 1.14 bits per heavy atom. The van der Waals surface area contributed by atoms with Gasteiger partial charge < -0.3 is 14.6 Å². The topological polar surface area (TPSA) is 86.3 Å². The van der Waals surface area contributed by atoms with Gasteiger partial charge in [0.15, 0.2) is 0 Å². The summed E-state index contributed by atoms with van der Waals surface area (Å²) in [5.74, 6) is -1.29. The molecule has 1 amide bonds. The second-order valence-electron chi connectivity index (χ2n) is 6.98. The molecular weight excluding hydrogens is 366 g/mol. The van der Waals surface area contributed by atoms with Crippen LogP contribution < -0.4 is 4.90 Å². The predicted molar refractivity (Wildman–Crippen MR) is 110 cm³/mol. The third-order valence-electron chi connectivity index (χ3n) is 5.13. The first-order chi connectivity index (χ1) is 14.1. The molecule has 3 aromatic rings. The van der Waals surface area contributed by atoms with Gasteiger partial charge in [0.2, 0.25) is 0 Å². The normalized spacial score (nSPS) is 13.8. The molecule has 0 saturated carbocycles. The first-order valence-corrected chi connectivity index (χ1v) is 9.39. The van der Waals surface area contributed by atoms with Crippen LogP contribution in [0.3, 0.4) is 0 Å². The Bertz CT molecular complexity index is 1180. The smallest absolute Gasteiger partial charge is 0.323 e. The number of aryl methyl sites for hydroxylation is 1. The zero-order valence-electron chi connectivity index (χ0n) is 15.7. The van der Waals surface area contributed by atoms with Crippen molar-refractivity contribution in [3.05, 3.63) is 71.4 Å². The summed E-state index contributed by atoms with van der Waals surface area (Å²) in [5, 5.41) is 19.7. The molecule has 144 valence electrons. The van der Waals surface area contributed by atoms with Crippen LogP contribution in [0, 0.1) is 11.3 Å². The number of nitrogens with zero attached hydrogens (tertiary/aromatic N) is 3. The molecule has 0 unspecified atom stereocenters. The number of benzene rings is 2. The number of fused-ring (bicyclic) bond motifs is 2. The van der Waals surface area contributed by atoms with E-state index in [-0.39, 0.29) is 18.0 Å². The quantitative estimate of drug-likeness (QED) is 0.549. The molecule has 0 radical (unpaired) electrons. The maximum absolute atomic E-state index is 13.2. The number of carboxylic acid groups (broad SMARTS) is 1. The molecule has 2 heterocycles. The van der Waals surface area contributed by atoms with E-state index < -0.39 is 5.97 Å². The molecule has 0 aliphatic carbocycles. The number of para-hydroxylation sites is 2. The standard InChI is InChI=1S/C23H19N3O3/c24-13-17(23(29)26-11-5-7-16-6-1-3-9-20(16)26)12-18-14-25(15-22(27)28)21-10-4-2-8-19(18)21/h1-4,6,8-10,12,14H,5,7,11,15H2,(H,27,28). The Labute approximate surface area is 167 Å². The number of nitriles is 1. The third kappa shape index (κ3) is 3.50. The number of carbonyl (C=O) groups excluding carboxylic acids is 1. The van der Waals surface area contributed by atoms with Crippen LogP contribution in [-0.4, -0.2) is 28.1 Å². The first-order valence-electron chi connectivity index (χ1n) is 9.39. The van der Waals surface area contributed by atoms with E-state index in [0.717, 1.165) is 35.0 Å². The van der Waals surface area contributed by atoms with Crippen LogP contribution in [0.25, 0.3) is 17.0 Å². The lowest BCUT2D eigenvalue weighted by Gasteiger charge is -2.29. The van der Waals surface area contributed by atoms with Crippen molar-refractivity contribution in [2.75, 3.05) is 11.4 Å². The largest absolute Gasteiger partial charge is 0.480 e. The average Bonchev–Trinajstić information content (AvgIpc) is 3.08. The molecule has 6 heteroatoms. The summed E-state index contributed by atoms with van der Waals surface area (Å²) in [6, 6.07) is 17.1. The lowest BCUT2D eigenvalue weighted by molar-refractivity contribution is -0.137. The number of aliphatic carboxylic acids is 1. The molecule has 1 aromatic heterocycles. The molecular formula is C23H19N3O3.